The number of nitrogens with zero attached hydrogens (tertiary/aromatic N) is 3. The van der Waals surface area contributed by atoms with Gasteiger partial charge in [-0.1, -0.05) is 59.6 Å². The predicted molar refractivity (Wildman–Crippen MR) is 121 cm³/mol. The summed E-state index contributed by atoms with van der Waals surface area (Å²) in [4.78, 5) is 11.6. The molecule has 2 aromatic carbocycles. The molecule has 3 aromatic rings. The zero-order chi connectivity index (χ0) is 20.7. The fourth-order valence-electron chi connectivity index (χ4n) is 4.94. The second-order valence-electron chi connectivity index (χ2n) is 8.39. The van der Waals surface area contributed by atoms with Gasteiger partial charge < -0.3 is 10.0 Å². The van der Waals surface area contributed by atoms with Crippen molar-refractivity contribution in [1.29, 1.82) is 0 Å². The predicted octanol–water partition coefficient (Wildman–Crippen LogP) is 5.33. The van der Waals surface area contributed by atoms with E-state index in [0.29, 0.717) is 26.8 Å². The molecule has 1 N–H and O–H groups in total. The Morgan fingerprint density at radius 2 is 1.67 bits per heavy atom. The molecule has 2 aliphatic rings. The zero-order valence-corrected chi connectivity index (χ0v) is 18.1. The van der Waals surface area contributed by atoms with Crippen LogP contribution >= 0.6 is 23.2 Å². The Balaban J connectivity index is 1.36. The van der Waals surface area contributed by atoms with Crippen molar-refractivity contribution >= 4 is 29.0 Å². The molecule has 1 spiro atoms. The van der Waals surface area contributed by atoms with Gasteiger partial charge in [-0.3, -0.25) is 0 Å². The average Bonchev–Trinajstić information content (AvgIpc) is 3.13. The molecule has 1 aliphatic heterocycles. The van der Waals surface area contributed by atoms with E-state index >= 15 is 0 Å². The minimum absolute atomic E-state index is 0.165. The Bertz CT molecular complexity index is 1070. The van der Waals surface area contributed by atoms with E-state index in [4.69, 9.17) is 23.2 Å². The van der Waals surface area contributed by atoms with Crippen LogP contribution in [-0.4, -0.2) is 28.2 Å². The van der Waals surface area contributed by atoms with Gasteiger partial charge in [0.2, 0.25) is 0 Å². The maximum atomic E-state index is 9.98. The molecule has 0 unspecified atom stereocenters. The first-order chi connectivity index (χ1) is 14.6. The number of aromatic nitrogens is 2. The number of fused-ring (bicyclic) bond motifs is 1. The molecule has 0 saturated carbocycles. The topological polar surface area (TPSA) is 49.3 Å². The van der Waals surface area contributed by atoms with Crippen LogP contribution in [0.3, 0.4) is 0 Å². The van der Waals surface area contributed by atoms with Gasteiger partial charge in [0.1, 0.15) is 5.69 Å². The van der Waals surface area contributed by atoms with Gasteiger partial charge in [0.25, 0.3) is 0 Å². The van der Waals surface area contributed by atoms with Crippen LogP contribution in [0.1, 0.15) is 29.7 Å². The number of aliphatic hydroxyl groups excluding tert-OH is 1. The first-order valence-electron chi connectivity index (χ1n) is 10.3. The van der Waals surface area contributed by atoms with Crippen LogP contribution < -0.4 is 4.90 Å². The lowest BCUT2D eigenvalue weighted by Gasteiger charge is -2.40. The number of hydrogen-bond donors (Lipinski definition) is 1. The molecule has 5 rings (SSSR count). The standard InChI is InChI=1S/C24H23Cl2N3O/c25-19-7-3-6-18(22(19)26)20-14-27-23(21(15-30)28-20)29-10-8-24(9-11-29)12-16-4-1-2-5-17(16)13-24/h1-7,14,30H,8-13,15H2. The van der Waals surface area contributed by atoms with Crippen LogP contribution in [0.15, 0.2) is 48.7 Å². The third-order valence-corrected chi connectivity index (χ3v) is 7.39. The third kappa shape index (κ3) is 3.47. The van der Waals surface area contributed by atoms with Gasteiger partial charge in [0.05, 0.1) is 28.5 Å². The summed E-state index contributed by atoms with van der Waals surface area (Å²) in [6, 6.07) is 14.3. The molecular formula is C24H23Cl2N3O. The van der Waals surface area contributed by atoms with E-state index in [1.807, 2.05) is 12.1 Å². The van der Waals surface area contributed by atoms with Crippen LogP contribution in [0.25, 0.3) is 11.3 Å². The molecular weight excluding hydrogens is 417 g/mol. The van der Waals surface area contributed by atoms with Gasteiger partial charge in [-0.2, -0.15) is 0 Å². The normalized spacial score (nSPS) is 17.4. The average molecular weight is 440 g/mol. The summed E-state index contributed by atoms with van der Waals surface area (Å²) in [5.74, 6) is 0.768. The van der Waals surface area contributed by atoms with Gasteiger partial charge in [-0.15, -0.1) is 0 Å². The van der Waals surface area contributed by atoms with Crippen LogP contribution in [0.5, 0.6) is 0 Å². The number of hydrogen-bond acceptors (Lipinski definition) is 4. The van der Waals surface area contributed by atoms with E-state index in [0.717, 1.165) is 37.3 Å². The molecule has 0 amide bonds. The van der Waals surface area contributed by atoms with E-state index in [-0.39, 0.29) is 6.61 Å². The molecule has 0 bridgehead atoms. The third-order valence-electron chi connectivity index (χ3n) is 6.57. The summed E-state index contributed by atoms with van der Waals surface area (Å²) < 4.78 is 0. The minimum atomic E-state index is -0.165. The van der Waals surface area contributed by atoms with Crippen LogP contribution in [0, 0.1) is 5.41 Å². The lowest BCUT2D eigenvalue weighted by atomic mass is 9.76. The molecule has 1 aromatic heterocycles. The molecule has 6 heteroatoms. The van der Waals surface area contributed by atoms with E-state index in [1.165, 1.54) is 24.0 Å². The summed E-state index contributed by atoms with van der Waals surface area (Å²) in [6.07, 6.45) is 6.30. The Kier molecular flexibility index (Phi) is 5.18. The maximum absolute atomic E-state index is 9.98. The zero-order valence-electron chi connectivity index (χ0n) is 16.6. The van der Waals surface area contributed by atoms with Crippen LogP contribution in [-0.2, 0) is 19.4 Å². The van der Waals surface area contributed by atoms with E-state index in [2.05, 4.69) is 39.1 Å². The number of rotatable bonds is 3. The number of anilines is 1. The van der Waals surface area contributed by atoms with Crippen molar-refractivity contribution in [2.75, 3.05) is 18.0 Å². The van der Waals surface area contributed by atoms with Crippen molar-refractivity contribution in [2.45, 2.75) is 32.3 Å². The van der Waals surface area contributed by atoms with E-state index < -0.39 is 0 Å². The monoisotopic (exact) mass is 439 g/mol. The van der Waals surface area contributed by atoms with Gasteiger partial charge in [0.15, 0.2) is 5.82 Å². The molecule has 4 nitrogen and oxygen atoms in total. The molecule has 1 fully saturated rings. The Morgan fingerprint density at radius 1 is 0.967 bits per heavy atom. The number of halogens is 2. The highest BCUT2D eigenvalue weighted by Gasteiger charge is 2.40. The SMILES string of the molecule is OCc1nc(-c2cccc(Cl)c2Cl)cnc1N1CCC2(CC1)Cc1ccccc1C2. The van der Waals surface area contributed by atoms with Gasteiger partial charge in [-0.25, -0.2) is 9.97 Å². The molecule has 154 valence electrons. The largest absolute Gasteiger partial charge is 0.390 e. The van der Waals surface area contributed by atoms with Crippen molar-refractivity contribution in [3.05, 3.63) is 75.5 Å². The highest BCUT2D eigenvalue weighted by Crippen LogP contribution is 2.45. The minimum Gasteiger partial charge on any atom is -0.390 e. The highest BCUT2D eigenvalue weighted by molar-refractivity contribution is 6.43. The molecule has 1 saturated heterocycles. The maximum Gasteiger partial charge on any atom is 0.152 e. The summed E-state index contributed by atoms with van der Waals surface area (Å²) >= 11 is 12.5. The number of aliphatic hydroxyl groups is 1. The lowest BCUT2D eigenvalue weighted by molar-refractivity contribution is 0.231. The van der Waals surface area contributed by atoms with Crippen molar-refractivity contribution in [3.8, 4) is 11.3 Å². The highest BCUT2D eigenvalue weighted by atomic mass is 35.5. The van der Waals surface area contributed by atoms with Gasteiger partial charge in [-0.05, 0) is 48.3 Å². The van der Waals surface area contributed by atoms with Crippen LogP contribution in [0.2, 0.25) is 10.0 Å². The smallest absolute Gasteiger partial charge is 0.152 e. The lowest BCUT2D eigenvalue weighted by Crippen LogP contribution is -2.41. The summed E-state index contributed by atoms with van der Waals surface area (Å²) in [7, 11) is 0. The van der Waals surface area contributed by atoms with E-state index in [9.17, 15) is 5.11 Å². The summed E-state index contributed by atoms with van der Waals surface area (Å²) in [5, 5.41) is 10.9. The summed E-state index contributed by atoms with van der Waals surface area (Å²) in [6.45, 7) is 1.68. The Hall–Kier alpha value is -2.14. The van der Waals surface area contributed by atoms with Crippen LogP contribution in [0.4, 0.5) is 5.82 Å². The first-order valence-corrected chi connectivity index (χ1v) is 11.1. The molecule has 0 radical (unpaired) electrons. The quantitative estimate of drug-likeness (QED) is 0.598. The fourth-order valence-corrected chi connectivity index (χ4v) is 5.34. The van der Waals surface area contributed by atoms with Crippen molar-refractivity contribution < 1.29 is 5.11 Å². The van der Waals surface area contributed by atoms with Gasteiger partial charge in [0, 0.05) is 18.7 Å². The number of piperidine rings is 1. The van der Waals surface area contributed by atoms with Crippen molar-refractivity contribution in [3.63, 3.8) is 0 Å². The second kappa shape index (κ2) is 7.84. The van der Waals surface area contributed by atoms with Crippen molar-refractivity contribution in [1.82, 2.24) is 9.97 Å². The number of benzene rings is 2. The fraction of sp³-hybridized carbons (Fsp3) is 0.333. The van der Waals surface area contributed by atoms with Crippen molar-refractivity contribution in [2.24, 2.45) is 5.41 Å². The Labute approximate surface area is 186 Å². The molecule has 0 atom stereocenters. The van der Waals surface area contributed by atoms with Gasteiger partial charge >= 0.3 is 0 Å². The van der Waals surface area contributed by atoms with E-state index in [1.54, 1.807) is 12.3 Å². The molecule has 2 heterocycles. The summed E-state index contributed by atoms with van der Waals surface area (Å²) in [5.41, 5.74) is 5.29. The second-order valence-corrected chi connectivity index (χ2v) is 9.18. The molecule has 30 heavy (non-hydrogen) atoms. The first kappa shape index (κ1) is 19.8. The Morgan fingerprint density at radius 3 is 2.33 bits per heavy atom. The molecule has 1 aliphatic carbocycles.